The van der Waals surface area contributed by atoms with Crippen molar-refractivity contribution in [2.24, 2.45) is 0 Å². The molecule has 1 unspecified atom stereocenters. The predicted octanol–water partition coefficient (Wildman–Crippen LogP) is 3.09. The van der Waals surface area contributed by atoms with E-state index in [-0.39, 0.29) is 18.2 Å². The molecule has 3 heterocycles. The number of oxazole rings is 1. The summed E-state index contributed by atoms with van der Waals surface area (Å²) in [7, 11) is 3.75. The second-order valence-corrected chi connectivity index (χ2v) is 7.66. The third kappa shape index (κ3) is 4.39. The topological polar surface area (TPSA) is 80.1 Å². The Morgan fingerprint density at radius 1 is 1.32 bits per heavy atom. The van der Waals surface area contributed by atoms with Crippen molar-refractivity contribution in [2.45, 2.75) is 37.9 Å². The number of benzene rings is 1. The van der Waals surface area contributed by atoms with Gasteiger partial charge in [0.2, 0.25) is 0 Å². The number of piperidine rings is 1. The lowest BCUT2D eigenvalue weighted by atomic mass is 10.1. The Morgan fingerprint density at radius 2 is 2.14 bits per heavy atom. The second-order valence-electron chi connectivity index (χ2n) is 7.66. The summed E-state index contributed by atoms with van der Waals surface area (Å²) in [6.07, 6.45) is 4.39. The first-order valence-corrected chi connectivity index (χ1v) is 9.95. The Balaban J connectivity index is 1.27. The van der Waals surface area contributed by atoms with Crippen LogP contribution in [0, 0.1) is 0 Å². The lowest BCUT2D eigenvalue weighted by Crippen LogP contribution is -2.43. The number of ether oxygens (including phenoxy) is 2. The van der Waals surface area contributed by atoms with Gasteiger partial charge in [-0.05, 0) is 43.9 Å². The van der Waals surface area contributed by atoms with E-state index in [4.69, 9.17) is 13.9 Å². The molecular formula is C20H28N4O4. The van der Waals surface area contributed by atoms with Crippen LogP contribution < -0.4 is 10.2 Å². The first-order valence-electron chi connectivity index (χ1n) is 9.95. The van der Waals surface area contributed by atoms with Crippen molar-refractivity contribution in [1.29, 1.82) is 0 Å². The number of hydrogen-bond acceptors (Lipinski definition) is 6. The largest absolute Gasteiger partial charge is 0.423 e. The Bertz CT molecular complexity index is 808. The first-order chi connectivity index (χ1) is 13.6. The number of urea groups is 1. The van der Waals surface area contributed by atoms with Crippen molar-refractivity contribution in [3.05, 3.63) is 18.2 Å². The van der Waals surface area contributed by atoms with Crippen LogP contribution in [0.25, 0.3) is 11.1 Å². The van der Waals surface area contributed by atoms with E-state index in [0.29, 0.717) is 37.0 Å². The van der Waals surface area contributed by atoms with Gasteiger partial charge in [-0.15, -0.1) is 0 Å². The summed E-state index contributed by atoms with van der Waals surface area (Å²) in [4.78, 5) is 20.7. The molecule has 0 bridgehead atoms. The molecule has 0 aliphatic carbocycles. The van der Waals surface area contributed by atoms with Gasteiger partial charge < -0.3 is 29.0 Å². The van der Waals surface area contributed by atoms with E-state index in [0.717, 1.165) is 37.8 Å². The van der Waals surface area contributed by atoms with Crippen LogP contribution in [0.2, 0.25) is 0 Å². The van der Waals surface area contributed by atoms with Crippen LogP contribution in [0.5, 0.6) is 0 Å². The highest BCUT2D eigenvalue weighted by atomic mass is 16.5. The number of fused-ring (bicyclic) bond motifs is 1. The number of aromatic nitrogens is 1. The van der Waals surface area contributed by atoms with Gasteiger partial charge in [-0.2, -0.15) is 4.98 Å². The van der Waals surface area contributed by atoms with Gasteiger partial charge in [0.25, 0.3) is 6.01 Å². The molecule has 2 amide bonds. The summed E-state index contributed by atoms with van der Waals surface area (Å²) in [6, 6.07) is 5.96. The average molecular weight is 388 g/mol. The van der Waals surface area contributed by atoms with E-state index in [1.807, 2.05) is 42.1 Å². The zero-order valence-corrected chi connectivity index (χ0v) is 16.5. The summed E-state index contributed by atoms with van der Waals surface area (Å²) < 4.78 is 17.2. The minimum absolute atomic E-state index is 0.0896. The molecule has 0 saturated carbocycles. The number of nitrogens with one attached hydrogen (secondary N) is 1. The van der Waals surface area contributed by atoms with Crippen molar-refractivity contribution >= 4 is 28.8 Å². The quantitative estimate of drug-likeness (QED) is 0.848. The summed E-state index contributed by atoms with van der Waals surface area (Å²) in [5, 5.41) is 2.96. The van der Waals surface area contributed by atoms with Gasteiger partial charge in [0.05, 0.1) is 18.8 Å². The number of hydrogen-bond donors (Lipinski definition) is 1. The molecule has 2 saturated heterocycles. The van der Waals surface area contributed by atoms with Gasteiger partial charge in [-0.3, -0.25) is 0 Å². The summed E-state index contributed by atoms with van der Waals surface area (Å²) in [5.74, 6) is 0. The molecule has 1 N–H and O–H groups in total. The highest BCUT2D eigenvalue weighted by Gasteiger charge is 2.25. The number of carbonyl (C=O) groups is 1. The van der Waals surface area contributed by atoms with Crippen molar-refractivity contribution in [3.63, 3.8) is 0 Å². The molecule has 4 rings (SSSR count). The highest BCUT2D eigenvalue weighted by Crippen LogP contribution is 2.24. The third-order valence-electron chi connectivity index (χ3n) is 5.28. The van der Waals surface area contributed by atoms with Gasteiger partial charge in [0.1, 0.15) is 5.52 Å². The zero-order valence-electron chi connectivity index (χ0n) is 16.5. The fraction of sp³-hybridized carbons (Fsp3) is 0.600. The normalized spacial score (nSPS) is 20.6. The molecule has 8 heteroatoms. The molecule has 0 radical (unpaired) electrons. The second kappa shape index (κ2) is 8.36. The van der Waals surface area contributed by atoms with E-state index in [1.165, 1.54) is 0 Å². The number of anilines is 2. The maximum absolute atomic E-state index is 12.6. The SMILES string of the molecule is CN(C)c1nc2cc(NC(=O)N3CCC(OCC4CCCO4)CC3)ccc2o1. The van der Waals surface area contributed by atoms with E-state index in [9.17, 15) is 4.79 Å². The average Bonchev–Trinajstić information content (AvgIpc) is 3.36. The molecule has 28 heavy (non-hydrogen) atoms. The molecule has 2 fully saturated rings. The Kier molecular flexibility index (Phi) is 5.68. The summed E-state index contributed by atoms with van der Waals surface area (Å²) in [5.41, 5.74) is 2.14. The van der Waals surface area contributed by atoms with Gasteiger partial charge >= 0.3 is 6.03 Å². The molecule has 1 aromatic carbocycles. The Morgan fingerprint density at radius 3 is 2.86 bits per heavy atom. The van der Waals surface area contributed by atoms with Crippen LogP contribution in [-0.4, -0.2) is 68.5 Å². The molecule has 8 nitrogen and oxygen atoms in total. The monoisotopic (exact) mass is 388 g/mol. The van der Waals surface area contributed by atoms with Crippen LogP contribution in [0.1, 0.15) is 25.7 Å². The van der Waals surface area contributed by atoms with E-state index in [2.05, 4.69) is 10.3 Å². The molecule has 2 aromatic rings. The van der Waals surface area contributed by atoms with Crippen LogP contribution in [0.3, 0.4) is 0 Å². The standard InChI is InChI=1S/C20H28N4O4/c1-23(2)20-22-17-12-14(5-6-18(17)28-20)21-19(25)24-9-7-15(8-10-24)27-13-16-4-3-11-26-16/h5-6,12,15-16H,3-4,7-11,13H2,1-2H3,(H,21,25). The number of amides is 2. The molecule has 1 atom stereocenters. The van der Waals surface area contributed by atoms with Gasteiger partial charge in [0, 0.05) is 39.5 Å². The lowest BCUT2D eigenvalue weighted by molar-refractivity contribution is -0.0377. The fourth-order valence-electron chi connectivity index (χ4n) is 3.63. The van der Waals surface area contributed by atoms with Crippen LogP contribution in [0.15, 0.2) is 22.6 Å². The van der Waals surface area contributed by atoms with Crippen molar-refractivity contribution in [3.8, 4) is 0 Å². The smallest absolute Gasteiger partial charge is 0.321 e. The van der Waals surface area contributed by atoms with Crippen molar-refractivity contribution in [1.82, 2.24) is 9.88 Å². The first kappa shape index (κ1) is 19.0. The number of rotatable bonds is 5. The molecule has 152 valence electrons. The Hall–Kier alpha value is -2.32. The van der Waals surface area contributed by atoms with E-state index < -0.39 is 0 Å². The molecule has 2 aliphatic rings. The zero-order chi connectivity index (χ0) is 19.5. The van der Waals surface area contributed by atoms with Crippen LogP contribution >= 0.6 is 0 Å². The minimum atomic E-state index is -0.0896. The van der Waals surface area contributed by atoms with E-state index in [1.54, 1.807) is 0 Å². The number of nitrogens with zero attached hydrogens (tertiary/aromatic N) is 3. The third-order valence-corrected chi connectivity index (χ3v) is 5.28. The molecular weight excluding hydrogens is 360 g/mol. The summed E-state index contributed by atoms with van der Waals surface area (Å²) >= 11 is 0. The van der Waals surface area contributed by atoms with Gasteiger partial charge in [-0.1, -0.05) is 0 Å². The molecule has 2 aliphatic heterocycles. The van der Waals surface area contributed by atoms with E-state index >= 15 is 0 Å². The maximum atomic E-state index is 12.6. The van der Waals surface area contributed by atoms with Crippen LogP contribution in [0.4, 0.5) is 16.5 Å². The predicted molar refractivity (Wildman–Crippen MR) is 107 cm³/mol. The minimum Gasteiger partial charge on any atom is -0.423 e. The summed E-state index contributed by atoms with van der Waals surface area (Å²) in [6.45, 7) is 2.91. The molecule has 0 spiro atoms. The fourth-order valence-corrected chi connectivity index (χ4v) is 3.63. The van der Waals surface area contributed by atoms with Crippen molar-refractivity contribution in [2.75, 3.05) is 50.6 Å². The van der Waals surface area contributed by atoms with Crippen molar-refractivity contribution < 1.29 is 18.7 Å². The van der Waals surface area contributed by atoms with Gasteiger partial charge in [0.15, 0.2) is 5.58 Å². The maximum Gasteiger partial charge on any atom is 0.321 e. The van der Waals surface area contributed by atoms with Gasteiger partial charge in [-0.25, -0.2) is 4.79 Å². The van der Waals surface area contributed by atoms with Crippen LogP contribution in [-0.2, 0) is 9.47 Å². The molecule has 1 aromatic heterocycles. The number of likely N-dealkylation sites (tertiary alicyclic amines) is 1. The Labute approximate surface area is 164 Å². The number of carbonyl (C=O) groups excluding carboxylic acids is 1. The highest BCUT2D eigenvalue weighted by molar-refractivity contribution is 5.91. The lowest BCUT2D eigenvalue weighted by Gasteiger charge is -2.32.